The lowest BCUT2D eigenvalue weighted by molar-refractivity contribution is 0.223. The lowest BCUT2D eigenvalue weighted by Gasteiger charge is -2.04. The van der Waals surface area contributed by atoms with Gasteiger partial charge in [-0.3, -0.25) is 4.55 Å². The third kappa shape index (κ3) is 10.4. The van der Waals surface area contributed by atoms with Gasteiger partial charge in [0.15, 0.2) is 0 Å². The average molecular weight is 249 g/mol. The Morgan fingerprint density at radius 3 is 2.54 bits per heavy atom. The van der Waals surface area contributed by atoms with Crippen molar-refractivity contribution in [3.8, 4) is 0 Å². The first kappa shape index (κ1) is 13.5. The predicted molar refractivity (Wildman–Crippen MR) is 55.1 cm³/mol. The van der Waals surface area contributed by atoms with Crippen molar-refractivity contribution in [2.45, 2.75) is 12.5 Å². The summed E-state index contributed by atoms with van der Waals surface area (Å²) in [6.07, 6.45) is -0.157. The van der Waals surface area contributed by atoms with Gasteiger partial charge in [-0.15, -0.1) is 11.6 Å². The zero-order valence-corrected chi connectivity index (χ0v) is 9.41. The summed E-state index contributed by atoms with van der Waals surface area (Å²) in [7, 11) is -3.83. The molecule has 1 atom stereocenters. The van der Waals surface area contributed by atoms with E-state index in [1.807, 2.05) is 0 Å². The molecule has 7 heteroatoms. The van der Waals surface area contributed by atoms with Crippen molar-refractivity contribution >= 4 is 33.5 Å². The maximum Gasteiger partial charge on any atom is 0.264 e. The minimum Gasteiger partial charge on any atom is -0.391 e. The Morgan fingerprint density at radius 2 is 2.08 bits per heavy atom. The summed E-state index contributed by atoms with van der Waals surface area (Å²) in [6.45, 7) is 0. The molecule has 1 unspecified atom stereocenters. The molecule has 0 aromatic carbocycles. The van der Waals surface area contributed by atoms with E-state index < -0.39 is 16.2 Å². The molecule has 2 N–H and O–H groups in total. The fourth-order valence-electron chi connectivity index (χ4n) is 0.607. The van der Waals surface area contributed by atoms with E-state index in [9.17, 15) is 8.42 Å². The van der Waals surface area contributed by atoms with Crippen molar-refractivity contribution in [2.24, 2.45) is 0 Å². The van der Waals surface area contributed by atoms with E-state index in [0.29, 0.717) is 17.9 Å². The van der Waals surface area contributed by atoms with Crippen LogP contribution in [0.25, 0.3) is 0 Å². The number of hydrogen-bond donors (Lipinski definition) is 2. The number of alkyl halides is 1. The second kappa shape index (κ2) is 6.89. The molecule has 0 saturated carbocycles. The first-order chi connectivity index (χ1) is 5.95. The molecule has 0 aromatic rings. The third-order valence-corrected chi connectivity index (χ3v) is 3.54. The van der Waals surface area contributed by atoms with E-state index in [1.165, 1.54) is 11.8 Å². The van der Waals surface area contributed by atoms with Gasteiger partial charge in [0.05, 0.1) is 11.9 Å². The second-order valence-corrected chi connectivity index (χ2v) is 5.55. The van der Waals surface area contributed by atoms with Gasteiger partial charge in [0.1, 0.15) is 0 Å². The Morgan fingerprint density at radius 1 is 1.46 bits per heavy atom. The molecule has 0 radical (unpaired) electrons. The molecular weight excluding hydrogens is 236 g/mol. The fraction of sp³-hybridized carbons (Fsp3) is 1.00. The van der Waals surface area contributed by atoms with E-state index in [2.05, 4.69) is 0 Å². The van der Waals surface area contributed by atoms with Gasteiger partial charge in [-0.1, -0.05) is 0 Å². The SMILES string of the molecule is O=S(=O)(O)CCCSCC(O)CCl. The summed E-state index contributed by atoms with van der Waals surface area (Å²) in [5, 5.41) is 9.00. The Bertz CT molecular complexity index is 217. The highest BCUT2D eigenvalue weighted by Gasteiger charge is 2.05. The molecule has 0 aliphatic heterocycles. The number of rotatable bonds is 7. The number of hydrogen-bond acceptors (Lipinski definition) is 4. The molecule has 0 saturated heterocycles. The molecule has 80 valence electrons. The number of aliphatic hydroxyl groups excluding tert-OH is 1. The summed E-state index contributed by atoms with van der Waals surface area (Å²) >= 11 is 6.75. The fourth-order valence-corrected chi connectivity index (χ4v) is 2.44. The van der Waals surface area contributed by atoms with Crippen molar-refractivity contribution in [3.05, 3.63) is 0 Å². The minimum absolute atomic E-state index is 0.186. The maximum atomic E-state index is 10.3. The first-order valence-electron chi connectivity index (χ1n) is 3.72. The average Bonchev–Trinajstić information content (AvgIpc) is 2.01. The molecule has 0 aliphatic carbocycles. The molecular formula is C6H13ClO4S2. The van der Waals surface area contributed by atoms with Crippen LogP contribution in [0.5, 0.6) is 0 Å². The van der Waals surface area contributed by atoms with Gasteiger partial charge in [-0.2, -0.15) is 20.2 Å². The van der Waals surface area contributed by atoms with Crippen LogP contribution in [0.4, 0.5) is 0 Å². The van der Waals surface area contributed by atoms with Gasteiger partial charge in [-0.25, -0.2) is 0 Å². The van der Waals surface area contributed by atoms with Crippen molar-refractivity contribution in [3.63, 3.8) is 0 Å². The van der Waals surface area contributed by atoms with E-state index in [-0.39, 0.29) is 11.6 Å². The third-order valence-electron chi connectivity index (χ3n) is 1.18. The highest BCUT2D eigenvalue weighted by atomic mass is 35.5. The van der Waals surface area contributed by atoms with Crippen LogP contribution < -0.4 is 0 Å². The Kier molecular flexibility index (Phi) is 7.16. The first-order valence-corrected chi connectivity index (χ1v) is 7.02. The van der Waals surface area contributed by atoms with E-state index in [0.717, 1.165) is 0 Å². The molecule has 0 bridgehead atoms. The molecule has 0 heterocycles. The lowest BCUT2D eigenvalue weighted by Crippen LogP contribution is -2.12. The van der Waals surface area contributed by atoms with Crippen molar-refractivity contribution in [1.29, 1.82) is 0 Å². The molecule has 0 aliphatic rings. The van der Waals surface area contributed by atoms with Crippen LogP contribution in [0, 0.1) is 0 Å². The molecule has 0 fully saturated rings. The quantitative estimate of drug-likeness (QED) is 0.392. The maximum absolute atomic E-state index is 10.3. The Hall–Kier alpha value is 0.510. The molecule has 0 spiro atoms. The van der Waals surface area contributed by atoms with Crippen LogP contribution in [-0.2, 0) is 10.1 Å². The number of halogens is 1. The van der Waals surface area contributed by atoms with Gasteiger partial charge < -0.3 is 5.11 Å². The number of aliphatic hydroxyl groups is 1. The van der Waals surface area contributed by atoms with Gasteiger partial charge in [0, 0.05) is 11.6 Å². The van der Waals surface area contributed by atoms with Gasteiger partial charge in [0.25, 0.3) is 10.1 Å². The van der Waals surface area contributed by atoms with Crippen molar-refractivity contribution in [2.75, 3.05) is 23.1 Å². The summed E-state index contributed by atoms with van der Waals surface area (Å²) in [4.78, 5) is 0. The minimum atomic E-state index is -3.83. The van der Waals surface area contributed by atoms with Crippen LogP contribution >= 0.6 is 23.4 Å². The molecule has 0 amide bonds. The topological polar surface area (TPSA) is 74.6 Å². The summed E-state index contributed by atoms with van der Waals surface area (Å²) < 4.78 is 28.9. The largest absolute Gasteiger partial charge is 0.391 e. The van der Waals surface area contributed by atoms with Crippen LogP contribution in [0.2, 0.25) is 0 Å². The van der Waals surface area contributed by atoms with Crippen molar-refractivity contribution < 1.29 is 18.1 Å². The zero-order valence-electron chi connectivity index (χ0n) is 7.02. The molecule has 13 heavy (non-hydrogen) atoms. The summed E-state index contributed by atoms with van der Waals surface area (Å²) in [6, 6.07) is 0. The monoisotopic (exact) mass is 248 g/mol. The standard InChI is InChI=1S/C6H13ClO4S2/c7-4-6(8)5-12-2-1-3-13(9,10)11/h6,8H,1-5H2,(H,9,10,11). The lowest BCUT2D eigenvalue weighted by atomic mass is 10.5. The van der Waals surface area contributed by atoms with Crippen LogP contribution in [0.1, 0.15) is 6.42 Å². The molecule has 0 rings (SSSR count). The van der Waals surface area contributed by atoms with Gasteiger partial charge in [-0.05, 0) is 12.2 Å². The van der Waals surface area contributed by atoms with Crippen LogP contribution in [0.3, 0.4) is 0 Å². The van der Waals surface area contributed by atoms with Crippen LogP contribution in [0.15, 0.2) is 0 Å². The zero-order chi connectivity index (χ0) is 10.3. The predicted octanol–water partition coefficient (Wildman–Crippen LogP) is 0.597. The van der Waals surface area contributed by atoms with E-state index in [4.69, 9.17) is 21.3 Å². The Balaban J connectivity index is 3.27. The summed E-state index contributed by atoms with van der Waals surface area (Å²) in [5.41, 5.74) is 0. The normalized spacial score (nSPS) is 14.4. The highest BCUT2D eigenvalue weighted by Crippen LogP contribution is 2.06. The van der Waals surface area contributed by atoms with Gasteiger partial charge >= 0.3 is 0 Å². The van der Waals surface area contributed by atoms with E-state index in [1.54, 1.807) is 0 Å². The van der Waals surface area contributed by atoms with E-state index >= 15 is 0 Å². The van der Waals surface area contributed by atoms with Crippen LogP contribution in [-0.4, -0.2) is 47.3 Å². The van der Waals surface area contributed by atoms with Gasteiger partial charge in [0.2, 0.25) is 0 Å². The number of thioether (sulfide) groups is 1. The molecule has 0 aromatic heterocycles. The molecule has 4 nitrogen and oxygen atoms in total. The summed E-state index contributed by atoms with van der Waals surface area (Å²) in [5.74, 6) is 1.05. The highest BCUT2D eigenvalue weighted by molar-refractivity contribution is 7.99. The Labute approximate surface area is 87.4 Å². The smallest absolute Gasteiger partial charge is 0.264 e. The van der Waals surface area contributed by atoms with Crippen molar-refractivity contribution in [1.82, 2.24) is 0 Å². The second-order valence-electron chi connectivity index (χ2n) is 2.52.